The van der Waals surface area contributed by atoms with Crippen LogP contribution < -0.4 is 15.6 Å². The summed E-state index contributed by atoms with van der Waals surface area (Å²) in [5.41, 5.74) is -2.30. The number of phenols is 1. The summed E-state index contributed by atoms with van der Waals surface area (Å²) in [7, 11) is 0. The number of aromatic nitrogens is 1. The monoisotopic (exact) mass is 441 g/mol. The van der Waals surface area contributed by atoms with Gasteiger partial charge in [-0.25, -0.2) is 4.79 Å². The Morgan fingerprint density at radius 1 is 1.03 bits per heavy atom. The molecule has 1 aromatic carbocycles. The molecule has 32 heavy (non-hydrogen) atoms. The number of nitrogens with one attached hydrogen (secondary N) is 1. The van der Waals surface area contributed by atoms with Gasteiger partial charge in [0.15, 0.2) is 11.4 Å². The van der Waals surface area contributed by atoms with Gasteiger partial charge in [-0.05, 0) is 25.0 Å². The van der Waals surface area contributed by atoms with Crippen molar-refractivity contribution in [3.05, 3.63) is 51.9 Å². The molecular weight excluding hydrogens is 418 g/mol. The molecule has 1 aliphatic carbocycles. The first-order chi connectivity index (χ1) is 15.3. The van der Waals surface area contributed by atoms with Crippen LogP contribution in [0.1, 0.15) is 53.0 Å². The number of aromatic hydroxyl groups is 2. The minimum atomic E-state index is -1.56. The lowest BCUT2D eigenvalue weighted by molar-refractivity contribution is -0.123. The van der Waals surface area contributed by atoms with Crippen molar-refractivity contribution in [1.82, 2.24) is 9.88 Å². The highest BCUT2D eigenvalue weighted by Gasteiger charge is 2.41. The fraction of sp³-hybridized carbons (Fsp3) is 0.364. The predicted molar refractivity (Wildman–Crippen MR) is 113 cm³/mol. The van der Waals surface area contributed by atoms with Crippen LogP contribution in [0.4, 0.5) is 5.69 Å². The topological polar surface area (TPSA) is 149 Å². The molecule has 4 rings (SSSR count). The van der Waals surface area contributed by atoms with Crippen LogP contribution in [0.3, 0.4) is 0 Å². The van der Waals surface area contributed by atoms with Gasteiger partial charge in [0, 0.05) is 12.2 Å². The van der Waals surface area contributed by atoms with Gasteiger partial charge in [0.2, 0.25) is 11.3 Å². The van der Waals surface area contributed by atoms with E-state index in [0.717, 1.165) is 47.8 Å². The Labute approximate surface area is 182 Å². The van der Waals surface area contributed by atoms with E-state index in [2.05, 4.69) is 5.32 Å². The molecule has 10 heteroatoms. The van der Waals surface area contributed by atoms with Crippen LogP contribution >= 0.6 is 0 Å². The van der Waals surface area contributed by atoms with Gasteiger partial charge in [-0.3, -0.25) is 19.3 Å². The largest absolute Gasteiger partial charge is 0.506 e. The summed E-state index contributed by atoms with van der Waals surface area (Å²) in [4.78, 5) is 51.4. The zero-order valence-electron chi connectivity index (χ0n) is 17.2. The third-order valence-corrected chi connectivity index (χ3v) is 5.98. The fourth-order valence-electron chi connectivity index (χ4n) is 4.38. The molecule has 4 N–H and O–H groups in total. The number of fused-ring (bicyclic) bond motifs is 1. The predicted octanol–water partition coefficient (Wildman–Crippen LogP) is 1.44. The van der Waals surface area contributed by atoms with Crippen LogP contribution in [0.5, 0.6) is 11.5 Å². The Morgan fingerprint density at radius 2 is 1.72 bits per heavy atom. The molecule has 2 amide bonds. The lowest BCUT2D eigenvalue weighted by Gasteiger charge is -2.38. The quantitative estimate of drug-likeness (QED) is 0.561. The van der Waals surface area contributed by atoms with Gasteiger partial charge in [0.05, 0.1) is 12.2 Å². The SMILES string of the molecule is O=C(O)c1cn2c(c(O)c1=O)C(=O)N(c1ccccc1O)C(C(=O)NC1CCCCC1)C2. The van der Waals surface area contributed by atoms with Crippen molar-refractivity contribution in [3.63, 3.8) is 0 Å². The number of rotatable bonds is 4. The van der Waals surface area contributed by atoms with Crippen molar-refractivity contribution < 1.29 is 29.7 Å². The lowest BCUT2D eigenvalue weighted by atomic mass is 9.95. The van der Waals surface area contributed by atoms with Crippen molar-refractivity contribution in [2.75, 3.05) is 4.90 Å². The zero-order chi connectivity index (χ0) is 23.0. The fourth-order valence-corrected chi connectivity index (χ4v) is 4.38. The third-order valence-electron chi connectivity index (χ3n) is 5.98. The maximum Gasteiger partial charge on any atom is 0.341 e. The van der Waals surface area contributed by atoms with Crippen LogP contribution in [-0.2, 0) is 11.3 Å². The molecule has 168 valence electrons. The Morgan fingerprint density at radius 3 is 2.38 bits per heavy atom. The minimum Gasteiger partial charge on any atom is -0.506 e. The van der Waals surface area contributed by atoms with E-state index in [-0.39, 0.29) is 24.0 Å². The van der Waals surface area contributed by atoms with Gasteiger partial charge in [-0.1, -0.05) is 31.4 Å². The van der Waals surface area contributed by atoms with Gasteiger partial charge in [0.1, 0.15) is 17.4 Å². The van der Waals surface area contributed by atoms with Gasteiger partial charge < -0.3 is 25.2 Å². The lowest BCUT2D eigenvalue weighted by Crippen LogP contribution is -2.57. The highest BCUT2D eigenvalue weighted by Crippen LogP contribution is 2.34. The molecule has 0 spiro atoms. The molecule has 10 nitrogen and oxygen atoms in total. The Hall–Kier alpha value is -3.82. The molecule has 1 saturated carbocycles. The Bertz CT molecular complexity index is 1150. The second-order valence-electron chi connectivity index (χ2n) is 8.05. The first kappa shape index (κ1) is 21.4. The highest BCUT2D eigenvalue weighted by molar-refractivity contribution is 6.12. The number of carbonyl (C=O) groups excluding carboxylic acids is 2. The number of carboxylic acids is 1. The molecule has 1 aliphatic heterocycles. The van der Waals surface area contributed by atoms with E-state index in [1.54, 1.807) is 12.1 Å². The van der Waals surface area contributed by atoms with E-state index in [1.165, 1.54) is 12.1 Å². The van der Waals surface area contributed by atoms with Gasteiger partial charge in [-0.2, -0.15) is 0 Å². The molecule has 1 unspecified atom stereocenters. The second kappa shape index (κ2) is 8.37. The van der Waals surface area contributed by atoms with Crippen LogP contribution in [0.2, 0.25) is 0 Å². The van der Waals surface area contributed by atoms with Crippen molar-refractivity contribution >= 4 is 23.5 Å². The Kier molecular flexibility index (Phi) is 5.60. The number of anilines is 1. The van der Waals surface area contributed by atoms with Gasteiger partial charge in [-0.15, -0.1) is 0 Å². The van der Waals surface area contributed by atoms with Crippen LogP contribution in [0.15, 0.2) is 35.3 Å². The summed E-state index contributed by atoms with van der Waals surface area (Å²) in [6, 6.07) is 4.76. The average molecular weight is 441 g/mol. The molecule has 2 aliphatic rings. The molecule has 1 atom stereocenters. The summed E-state index contributed by atoms with van der Waals surface area (Å²) >= 11 is 0. The molecule has 0 bridgehead atoms. The minimum absolute atomic E-state index is 0.0432. The standard InChI is InChI=1S/C22H23N3O7/c26-16-9-5-4-8-14(16)25-15(20(29)23-12-6-2-1-3-7-12)11-24-10-13(22(31)32)18(27)19(28)17(24)21(25)30/h4-5,8-10,12,15,26,28H,1-3,6-7,11H2,(H,23,29)(H,31,32). The van der Waals surface area contributed by atoms with E-state index in [1.807, 2.05) is 0 Å². The smallest absolute Gasteiger partial charge is 0.341 e. The average Bonchev–Trinajstić information content (AvgIpc) is 2.77. The molecule has 0 saturated heterocycles. The number of phenolic OH excluding ortho intramolecular Hbond substituents is 1. The number of aromatic carboxylic acids is 1. The molecule has 0 radical (unpaired) electrons. The molecule has 1 fully saturated rings. The number of hydrogen-bond donors (Lipinski definition) is 4. The van der Waals surface area contributed by atoms with Crippen molar-refractivity contribution in [2.24, 2.45) is 0 Å². The number of para-hydroxylation sites is 2. The summed E-state index contributed by atoms with van der Waals surface area (Å²) < 4.78 is 1.12. The normalized spacial score (nSPS) is 18.8. The van der Waals surface area contributed by atoms with E-state index in [9.17, 15) is 34.5 Å². The van der Waals surface area contributed by atoms with Crippen LogP contribution in [0, 0.1) is 0 Å². The zero-order valence-corrected chi connectivity index (χ0v) is 17.2. The Balaban J connectivity index is 1.81. The van der Waals surface area contributed by atoms with Crippen molar-refractivity contribution in [1.29, 1.82) is 0 Å². The molecule has 2 aromatic rings. The number of amides is 2. The van der Waals surface area contributed by atoms with Crippen molar-refractivity contribution in [3.8, 4) is 11.5 Å². The summed E-state index contributed by atoms with van der Waals surface area (Å²) in [6.45, 7) is -0.206. The van der Waals surface area contributed by atoms with E-state index in [0.29, 0.717) is 0 Å². The number of benzene rings is 1. The van der Waals surface area contributed by atoms with Gasteiger partial charge in [0.25, 0.3) is 5.91 Å². The first-order valence-corrected chi connectivity index (χ1v) is 10.4. The van der Waals surface area contributed by atoms with Gasteiger partial charge >= 0.3 is 5.97 Å². The first-order valence-electron chi connectivity index (χ1n) is 10.4. The number of carboxylic acid groups (broad SMARTS) is 1. The maximum atomic E-state index is 13.4. The number of pyridine rings is 1. The van der Waals surface area contributed by atoms with E-state index >= 15 is 0 Å². The number of carbonyl (C=O) groups is 3. The molecule has 2 heterocycles. The maximum absolute atomic E-state index is 13.4. The van der Waals surface area contributed by atoms with E-state index in [4.69, 9.17) is 0 Å². The van der Waals surface area contributed by atoms with E-state index < -0.39 is 46.3 Å². The third kappa shape index (κ3) is 3.68. The summed E-state index contributed by atoms with van der Waals surface area (Å²) in [5, 5.41) is 32.9. The highest BCUT2D eigenvalue weighted by atomic mass is 16.4. The van der Waals surface area contributed by atoms with Crippen molar-refractivity contribution in [2.45, 2.75) is 50.7 Å². The number of hydrogen-bond acceptors (Lipinski definition) is 6. The second-order valence-corrected chi connectivity index (χ2v) is 8.05. The van der Waals surface area contributed by atoms with Crippen LogP contribution in [-0.4, -0.2) is 49.8 Å². The van der Waals surface area contributed by atoms with Crippen LogP contribution in [0.25, 0.3) is 0 Å². The summed E-state index contributed by atoms with van der Waals surface area (Å²) in [6.07, 6.45) is 5.65. The summed E-state index contributed by atoms with van der Waals surface area (Å²) in [5.74, 6) is -4.18. The number of nitrogens with zero attached hydrogens (tertiary/aromatic N) is 2. The molecular formula is C22H23N3O7. The molecule has 1 aromatic heterocycles.